The van der Waals surface area contributed by atoms with Crippen LogP contribution in [0.5, 0.6) is 0 Å². The van der Waals surface area contributed by atoms with Gasteiger partial charge in [0.2, 0.25) is 5.95 Å². The number of carbonyl (C=O) groups is 1. The number of halogens is 1. The summed E-state index contributed by atoms with van der Waals surface area (Å²) in [5.74, 6) is -0.00237. The van der Waals surface area contributed by atoms with Crippen molar-refractivity contribution < 1.29 is 13.9 Å². The van der Waals surface area contributed by atoms with Crippen LogP contribution < -0.4 is 15.5 Å². The molecule has 2 fully saturated rings. The van der Waals surface area contributed by atoms with Crippen molar-refractivity contribution in [1.29, 1.82) is 0 Å². The minimum atomic E-state index is -0.500. The summed E-state index contributed by atoms with van der Waals surface area (Å²) in [6.07, 6.45) is 2.27. The lowest BCUT2D eigenvalue weighted by Crippen LogP contribution is -2.44. The maximum atomic E-state index is 14.4. The molecule has 3 heterocycles. The first-order valence-corrected chi connectivity index (χ1v) is 11.9. The van der Waals surface area contributed by atoms with Gasteiger partial charge < -0.3 is 30.1 Å². The molecule has 0 saturated carbocycles. The highest BCUT2D eigenvalue weighted by atomic mass is 19.1. The zero-order chi connectivity index (χ0) is 24.1. The third-order valence-electron chi connectivity index (χ3n) is 6.40. The van der Waals surface area contributed by atoms with Gasteiger partial charge in [-0.2, -0.15) is 4.98 Å². The Morgan fingerprint density at radius 3 is 2.59 bits per heavy atom. The van der Waals surface area contributed by atoms with Gasteiger partial charge in [0.25, 0.3) is 0 Å². The molecule has 4 rings (SSSR count). The lowest BCUT2D eigenvalue weighted by atomic mass is 10.1. The lowest BCUT2D eigenvalue weighted by molar-refractivity contribution is 0.0983. The number of ether oxygens (including phenoxy) is 1. The number of rotatable bonds is 6. The fraction of sp³-hybridized carbons (Fsp3) is 0.542. The number of nitrogens with one attached hydrogen (secondary N) is 2. The summed E-state index contributed by atoms with van der Waals surface area (Å²) in [5.41, 5.74) is 3.26. The molecule has 0 bridgehead atoms. The van der Waals surface area contributed by atoms with Crippen LogP contribution >= 0.6 is 0 Å². The molecule has 0 aliphatic carbocycles. The van der Waals surface area contributed by atoms with E-state index < -0.39 is 5.82 Å². The molecule has 1 amide bonds. The predicted molar refractivity (Wildman–Crippen MR) is 131 cm³/mol. The SMILES string of the molecule is CCOC(=O)N1CCC(Nc2nc(Nc3ccc(N4CCN(C)CC4)c(C)c3)ncc2F)CC1. The second kappa shape index (κ2) is 10.9. The summed E-state index contributed by atoms with van der Waals surface area (Å²) in [7, 11) is 2.15. The highest BCUT2D eigenvalue weighted by Crippen LogP contribution is 2.26. The van der Waals surface area contributed by atoms with Crippen LogP contribution in [0.1, 0.15) is 25.3 Å². The van der Waals surface area contributed by atoms with Crippen LogP contribution in [-0.4, -0.2) is 84.8 Å². The van der Waals surface area contributed by atoms with E-state index in [1.807, 2.05) is 6.07 Å². The number of carbonyl (C=O) groups excluding carboxylic acids is 1. The molecule has 2 aliphatic rings. The van der Waals surface area contributed by atoms with E-state index in [2.05, 4.69) is 56.5 Å². The third kappa shape index (κ3) is 5.85. The molecule has 2 aromatic rings. The van der Waals surface area contributed by atoms with Crippen molar-refractivity contribution in [2.45, 2.75) is 32.7 Å². The molecule has 0 atom stereocenters. The molecule has 2 saturated heterocycles. The Balaban J connectivity index is 1.37. The van der Waals surface area contributed by atoms with E-state index in [1.165, 1.54) is 17.4 Å². The Labute approximate surface area is 200 Å². The summed E-state index contributed by atoms with van der Waals surface area (Å²) < 4.78 is 19.5. The molecular weight excluding hydrogens is 437 g/mol. The zero-order valence-corrected chi connectivity index (χ0v) is 20.2. The van der Waals surface area contributed by atoms with Gasteiger partial charge in [-0.25, -0.2) is 14.2 Å². The van der Waals surface area contributed by atoms with Gasteiger partial charge in [0.1, 0.15) is 0 Å². The molecule has 2 aliphatic heterocycles. The Kier molecular flexibility index (Phi) is 7.66. The minimum Gasteiger partial charge on any atom is -0.450 e. The Hall–Kier alpha value is -3.14. The van der Waals surface area contributed by atoms with Crippen molar-refractivity contribution >= 4 is 29.2 Å². The molecule has 0 radical (unpaired) electrons. The van der Waals surface area contributed by atoms with Gasteiger partial charge in [-0.15, -0.1) is 0 Å². The van der Waals surface area contributed by atoms with Crippen molar-refractivity contribution in [2.24, 2.45) is 0 Å². The Bertz CT molecular complexity index is 989. The fourth-order valence-corrected chi connectivity index (χ4v) is 4.41. The first-order chi connectivity index (χ1) is 16.4. The molecule has 2 N–H and O–H groups in total. The van der Waals surface area contributed by atoms with E-state index in [4.69, 9.17) is 4.74 Å². The van der Waals surface area contributed by atoms with Crippen LogP contribution in [-0.2, 0) is 4.74 Å². The lowest BCUT2D eigenvalue weighted by Gasteiger charge is -2.35. The number of aromatic nitrogens is 2. The van der Waals surface area contributed by atoms with E-state index in [0.717, 1.165) is 31.9 Å². The summed E-state index contributed by atoms with van der Waals surface area (Å²) in [6, 6.07) is 6.21. The van der Waals surface area contributed by atoms with Crippen LogP contribution in [0.25, 0.3) is 0 Å². The van der Waals surface area contributed by atoms with Gasteiger partial charge in [0.05, 0.1) is 12.8 Å². The van der Waals surface area contributed by atoms with E-state index in [-0.39, 0.29) is 18.0 Å². The number of aryl methyl sites for hydroxylation is 1. The molecule has 1 aromatic carbocycles. The third-order valence-corrected chi connectivity index (χ3v) is 6.40. The molecule has 10 heteroatoms. The molecule has 184 valence electrons. The monoisotopic (exact) mass is 471 g/mol. The van der Waals surface area contributed by atoms with Crippen molar-refractivity contribution in [3.8, 4) is 0 Å². The van der Waals surface area contributed by atoms with Crippen LogP contribution in [0.2, 0.25) is 0 Å². The second-order valence-corrected chi connectivity index (χ2v) is 8.91. The average molecular weight is 472 g/mol. The van der Waals surface area contributed by atoms with Gasteiger partial charge in [-0.05, 0) is 57.5 Å². The summed E-state index contributed by atoms with van der Waals surface area (Å²) in [4.78, 5) is 26.8. The largest absolute Gasteiger partial charge is 0.450 e. The average Bonchev–Trinajstić information content (AvgIpc) is 2.83. The molecule has 0 unspecified atom stereocenters. The van der Waals surface area contributed by atoms with E-state index in [1.54, 1.807) is 11.8 Å². The molecule has 34 heavy (non-hydrogen) atoms. The van der Waals surface area contributed by atoms with E-state index in [0.29, 0.717) is 38.5 Å². The molecular formula is C24H34FN7O2. The highest BCUT2D eigenvalue weighted by molar-refractivity contribution is 5.67. The maximum Gasteiger partial charge on any atom is 0.409 e. The number of amides is 1. The molecule has 0 spiro atoms. The Morgan fingerprint density at radius 1 is 1.18 bits per heavy atom. The Morgan fingerprint density at radius 2 is 1.91 bits per heavy atom. The quantitative estimate of drug-likeness (QED) is 0.663. The standard InChI is InChI=1S/C24H34FN7O2/c1-4-34-24(33)32-9-7-18(8-10-32)27-22-20(25)16-26-23(29-22)28-19-5-6-21(17(2)15-19)31-13-11-30(3)12-14-31/h5-6,15-16,18H,4,7-14H2,1-3H3,(H2,26,27,28,29). The number of likely N-dealkylation sites (tertiary alicyclic amines) is 1. The number of likely N-dealkylation sites (N-methyl/N-ethyl adjacent to an activating group) is 1. The predicted octanol–water partition coefficient (Wildman–Crippen LogP) is 3.45. The van der Waals surface area contributed by atoms with Crippen LogP contribution in [0.3, 0.4) is 0 Å². The van der Waals surface area contributed by atoms with Crippen molar-refractivity contribution in [3.05, 3.63) is 35.8 Å². The van der Waals surface area contributed by atoms with Crippen LogP contribution in [0, 0.1) is 12.7 Å². The number of nitrogens with zero attached hydrogens (tertiary/aromatic N) is 5. The van der Waals surface area contributed by atoms with Crippen LogP contribution in [0.15, 0.2) is 24.4 Å². The molecule has 1 aromatic heterocycles. The van der Waals surface area contributed by atoms with Gasteiger partial charge in [0, 0.05) is 56.7 Å². The number of anilines is 4. The van der Waals surface area contributed by atoms with E-state index >= 15 is 0 Å². The second-order valence-electron chi connectivity index (χ2n) is 8.91. The first-order valence-electron chi connectivity index (χ1n) is 11.9. The van der Waals surface area contributed by atoms with Crippen molar-refractivity contribution in [2.75, 3.05) is 68.5 Å². The number of benzene rings is 1. The topological polar surface area (TPSA) is 85.9 Å². The first kappa shape index (κ1) is 24.0. The van der Waals surface area contributed by atoms with Gasteiger partial charge in [0.15, 0.2) is 11.6 Å². The normalized spacial score (nSPS) is 17.5. The highest BCUT2D eigenvalue weighted by Gasteiger charge is 2.24. The minimum absolute atomic E-state index is 0.0213. The summed E-state index contributed by atoms with van der Waals surface area (Å²) in [6.45, 7) is 9.51. The van der Waals surface area contributed by atoms with E-state index in [9.17, 15) is 9.18 Å². The fourth-order valence-electron chi connectivity index (χ4n) is 4.41. The number of piperazine rings is 1. The number of piperidine rings is 1. The van der Waals surface area contributed by atoms with Crippen molar-refractivity contribution in [1.82, 2.24) is 19.8 Å². The molecule has 9 nitrogen and oxygen atoms in total. The summed E-state index contributed by atoms with van der Waals surface area (Å²) >= 11 is 0. The smallest absolute Gasteiger partial charge is 0.409 e. The van der Waals surface area contributed by atoms with Gasteiger partial charge in [-0.3, -0.25) is 0 Å². The maximum absolute atomic E-state index is 14.4. The van der Waals surface area contributed by atoms with Gasteiger partial charge >= 0.3 is 6.09 Å². The number of hydrogen-bond acceptors (Lipinski definition) is 8. The number of hydrogen-bond donors (Lipinski definition) is 2. The van der Waals surface area contributed by atoms with Crippen molar-refractivity contribution in [3.63, 3.8) is 0 Å². The zero-order valence-electron chi connectivity index (χ0n) is 20.2. The summed E-state index contributed by atoms with van der Waals surface area (Å²) in [5, 5.41) is 6.38. The van der Waals surface area contributed by atoms with Crippen LogP contribution in [0.4, 0.5) is 32.3 Å². The van der Waals surface area contributed by atoms with Gasteiger partial charge in [-0.1, -0.05) is 0 Å².